The van der Waals surface area contributed by atoms with Crippen LogP contribution in [0.4, 0.5) is 0 Å². The first-order valence-corrected chi connectivity index (χ1v) is 6.91. The van der Waals surface area contributed by atoms with Gasteiger partial charge in [-0.05, 0) is 25.2 Å². The number of thiol groups is 1. The Bertz CT molecular complexity index is 340. The van der Waals surface area contributed by atoms with Crippen molar-refractivity contribution in [2.45, 2.75) is 24.6 Å². The monoisotopic (exact) mass is 234 g/mol. The number of rotatable bonds is 2. The van der Waals surface area contributed by atoms with E-state index in [0.29, 0.717) is 5.37 Å². The van der Waals surface area contributed by atoms with Crippen molar-refractivity contribution < 1.29 is 4.48 Å². The molecule has 1 aromatic carbocycles. The molecule has 3 aliphatic rings. The summed E-state index contributed by atoms with van der Waals surface area (Å²) in [5.41, 5.74) is 1.39. The zero-order valence-electron chi connectivity index (χ0n) is 9.68. The molecule has 0 saturated carbocycles. The standard InChI is InChI=1S/C14H19NS/c16-14(13-4-2-1-3-5-13)15-9-6-12(7-10-15)8-11-15/h1-5,12,14H,6-11H2/p+1. The first kappa shape index (κ1) is 10.7. The normalized spacial score (nSPS) is 34.9. The quantitative estimate of drug-likeness (QED) is 0.589. The fourth-order valence-electron chi connectivity index (χ4n) is 3.40. The molecular weight excluding hydrogens is 214 g/mol. The zero-order chi connectivity index (χ0) is 11.0. The van der Waals surface area contributed by atoms with Crippen LogP contribution in [0.2, 0.25) is 0 Å². The van der Waals surface area contributed by atoms with E-state index in [4.69, 9.17) is 12.6 Å². The highest BCUT2D eigenvalue weighted by Crippen LogP contribution is 2.42. The van der Waals surface area contributed by atoms with E-state index in [1.165, 1.54) is 48.9 Å². The molecule has 0 N–H and O–H groups in total. The largest absolute Gasteiger partial charge is 0.309 e. The second-order valence-corrected chi connectivity index (χ2v) is 5.89. The second-order valence-electron chi connectivity index (χ2n) is 5.41. The first-order chi connectivity index (χ1) is 7.80. The molecule has 1 nitrogen and oxygen atoms in total. The third-order valence-corrected chi connectivity index (χ3v) is 5.35. The van der Waals surface area contributed by atoms with Crippen LogP contribution in [-0.2, 0) is 0 Å². The molecule has 0 spiro atoms. The van der Waals surface area contributed by atoms with Gasteiger partial charge in [0, 0.05) is 5.56 Å². The third-order valence-electron chi connectivity index (χ3n) is 4.56. The van der Waals surface area contributed by atoms with Crippen LogP contribution in [0.5, 0.6) is 0 Å². The topological polar surface area (TPSA) is 0 Å². The third kappa shape index (κ3) is 1.68. The summed E-state index contributed by atoms with van der Waals surface area (Å²) in [7, 11) is 0. The minimum Gasteiger partial charge on any atom is -0.309 e. The highest BCUT2D eigenvalue weighted by atomic mass is 32.1. The van der Waals surface area contributed by atoms with Crippen molar-refractivity contribution in [2.24, 2.45) is 5.92 Å². The molecular formula is C14H20NS+. The molecule has 16 heavy (non-hydrogen) atoms. The minimum atomic E-state index is 0.391. The number of hydrogen-bond acceptors (Lipinski definition) is 1. The van der Waals surface area contributed by atoms with Gasteiger partial charge in [-0.1, -0.05) is 30.3 Å². The Hall–Kier alpha value is -0.470. The molecule has 4 rings (SSSR count). The lowest BCUT2D eigenvalue weighted by Gasteiger charge is -2.52. The van der Waals surface area contributed by atoms with Gasteiger partial charge in [0.1, 0.15) is 0 Å². The molecule has 0 aliphatic carbocycles. The zero-order valence-corrected chi connectivity index (χ0v) is 10.6. The molecule has 1 atom stereocenters. The number of piperidine rings is 3. The molecule has 2 bridgehead atoms. The Balaban J connectivity index is 1.86. The van der Waals surface area contributed by atoms with Crippen LogP contribution in [0.3, 0.4) is 0 Å². The second kappa shape index (κ2) is 4.08. The number of hydrogen-bond donors (Lipinski definition) is 1. The summed E-state index contributed by atoms with van der Waals surface area (Å²) in [5, 5.41) is 0.391. The van der Waals surface area contributed by atoms with E-state index in [1.54, 1.807) is 0 Å². The van der Waals surface area contributed by atoms with Gasteiger partial charge in [-0.2, -0.15) is 0 Å². The van der Waals surface area contributed by atoms with Crippen LogP contribution in [-0.4, -0.2) is 24.1 Å². The Morgan fingerprint density at radius 2 is 1.56 bits per heavy atom. The highest BCUT2D eigenvalue weighted by Gasteiger charge is 2.44. The van der Waals surface area contributed by atoms with Gasteiger partial charge in [0.15, 0.2) is 5.37 Å². The van der Waals surface area contributed by atoms with Gasteiger partial charge >= 0.3 is 0 Å². The molecule has 86 valence electrons. The van der Waals surface area contributed by atoms with Gasteiger partial charge in [0.2, 0.25) is 0 Å². The summed E-state index contributed by atoms with van der Waals surface area (Å²) >= 11 is 4.93. The van der Waals surface area contributed by atoms with E-state index in [2.05, 4.69) is 30.3 Å². The Morgan fingerprint density at radius 3 is 2.12 bits per heavy atom. The summed E-state index contributed by atoms with van der Waals surface area (Å²) in [4.78, 5) is 0. The van der Waals surface area contributed by atoms with Gasteiger partial charge in [0.25, 0.3) is 0 Å². The van der Waals surface area contributed by atoms with Crippen LogP contribution in [0.1, 0.15) is 30.2 Å². The fourth-order valence-corrected chi connectivity index (χ4v) is 3.91. The molecule has 0 amide bonds. The smallest absolute Gasteiger partial charge is 0.159 e. The van der Waals surface area contributed by atoms with Crippen LogP contribution in [0.15, 0.2) is 30.3 Å². The van der Waals surface area contributed by atoms with Crippen LogP contribution >= 0.6 is 12.6 Å². The van der Waals surface area contributed by atoms with Crippen molar-refractivity contribution in [1.29, 1.82) is 0 Å². The Kier molecular flexibility index (Phi) is 2.72. The lowest BCUT2D eigenvalue weighted by Crippen LogP contribution is -2.58. The predicted octanol–water partition coefficient (Wildman–Crippen LogP) is 3.25. The van der Waals surface area contributed by atoms with Crippen LogP contribution in [0, 0.1) is 5.92 Å². The van der Waals surface area contributed by atoms with Crippen molar-refractivity contribution in [3.8, 4) is 0 Å². The molecule has 0 aromatic heterocycles. The van der Waals surface area contributed by atoms with E-state index in [1.807, 2.05) is 0 Å². The van der Waals surface area contributed by atoms with Gasteiger partial charge in [-0.3, -0.25) is 0 Å². The van der Waals surface area contributed by atoms with Gasteiger partial charge < -0.3 is 4.48 Å². The van der Waals surface area contributed by atoms with Crippen LogP contribution in [0.25, 0.3) is 0 Å². The van der Waals surface area contributed by atoms with Gasteiger partial charge in [0.05, 0.1) is 19.6 Å². The first-order valence-electron chi connectivity index (χ1n) is 6.39. The van der Waals surface area contributed by atoms with E-state index >= 15 is 0 Å². The number of fused-ring (bicyclic) bond motifs is 3. The summed E-state index contributed by atoms with van der Waals surface area (Å²) in [6, 6.07) is 10.8. The van der Waals surface area contributed by atoms with Gasteiger partial charge in [-0.25, -0.2) is 0 Å². The number of quaternary nitrogens is 1. The van der Waals surface area contributed by atoms with E-state index < -0.39 is 0 Å². The molecule has 0 radical (unpaired) electrons. The summed E-state index contributed by atoms with van der Waals surface area (Å²) in [6.45, 7) is 4.02. The summed E-state index contributed by atoms with van der Waals surface area (Å²) in [6.07, 6.45) is 4.26. The average molecular weight is 234 g/mol. The van der Waals surface area contributed by atoms with Crippen molar-refractivity contribution in [2.75, 3.05) is 19.6 Å². The molecule has 3 saturated heterocycles. The fraction of sp³-hybridized carbons (Fsp3) is 0.571. The molecule has 1 aromatic rings. The maximum atomic E-state index is 4.93. The van der Waals surface area contributed by atoms with Gasteiger partial charge in [-0.15, -0.1) is 12.6 Å². The molecule has 3 heterocycles. The summed E-state index contributed by atoms with van der Waals surface area (Å²) < 4.78 is 1.23. The van der Waals surface area contributed by atoms with Crippen molar-refractivity contribution in [3.63, 3.8) is 0 Å². The Labute approximate surface area is 103 Å². The van der Waals surface area contributed by atoms with Crippen molar-refractivity contribution in [1.82, 2.24) is 0 Å². The van der Waals surface area contributed by atoms with E-state index in [0.717, 1.165) is 5.92 Å². The maximum Gasteiger partial charge on any atom is 0.159 e. The average Bonchev–Trinajstić information content (AvgIpc) is 2.41. The summed E-state index contributed by atoms with van der Waals surface area (Å²) in [5.74, 6) is 1.02. The SMILES string of the molecule is SC(c1ccccc1)[N+]12CCC(CC1)CC2. The molecule has 3 fully saturated rings. The lowest BCUT2D eigenvalue weighted by atomic mass is 9.85. The molecule has 2 heteroatoms. The number of benzene rings is 1. The molecule has 3 aliphatic heterocycles. The maximum absolute atomic E-state index is 4.93. The minimum absolute atomic E-state index is 0.391. The number of nitrogens with zero attached hydrogens (tertiary/aromatic N) is 1. The lowest BCUT2D eigenvalue weighted by molar-refractivity contribution is -0.956. The highest BCUT2D eigenvalue weighted by molar-refractivity contribution is 7.80. The van der Waals surface area contributed by atoms with Crippen molar-refractivity contribution in [3.05, 3.63) is 35.9 Å². The van der Waals surface area contributed by atoms with E-state index in [9.17, 15) is 0 Å². The van der Waals surface area contributed by atoms with E-state index in [-0.39, 0.29) is 0 Å². The predicted molar refractivity (Wildman–Crippen MR) is 70.4 cm³/mol. The van der Waals surface area contributed by atoms with Crippen molar-refractivity contribution >= 4 is 12.6 Å². The Morgan fingerprint density at radius 1 is 1.00 bits per heavy atom. The van der Waals surface area contributed by atoms with Crippen LogP contribution < -0.4 is 0 Å². The molecule has 1 unspecified atom stereocenters.